The molecule has 17 heavy (non-hydrogen) atoms. The highest BCUT2D eigenvalue weighted by Gasteiger charge is 2.01. The Hall–Kier alpha value is -1.81. The fraction of sp³-hybridized carbons (Fsp3) is 0.312. The molecule has 0 fully saturated rings. The van der Waals surface area contributed by atoms with Gasteiger partial charge in [-0.3, -0.25) is 0 Å². The smallest absolute Gasteiger partial charge is 0.0991 e. The fourth-order valence-corrected chi connectivity index (χ4v) is 1.69. The van der Waals surface area contributed by atoms with Crippen molar-refractivity contribution in [1.29, 1.82) is 5.26 Å². The van der Waals surface area contributed by atoms with Crippen LogP contribution in [0.25, 0.3) is 10.8 Å². The SMILES string of the molecule is CC.CC(C)c1ccc2cc(C#N)ccc2c1. The quantitative estimate of drug-likeness (QED) is 0.679. The van der Waals surface area contributed by atoms with E-state index < -0.39 is 0 Å². The van der Waals surface area contributed by atoms with Gasteiger partial charge in [-0.15, -0.1) is 0 Å². The zero-order chi connectivity index (χ0) is 12.8. The van der Waals surface area contributed by atoms with Crippen LogP contribution in [0, 0.1) is 11.3 Å². The van der Waals surface area contributed by atoms with Crippen molar-refractivity contribution in [2.24, 2.45) is 0 Å². The Morgan fingerprint density at radius 2 is 1.53 bits per heavy atom. The average Bonchev–Trinajstić information content (AvgIpc) is 2.39. The lowest BCUT2D eigenvalue weighted by Gasteiger charge is -2.06. The van der Waals surface area contributed by atoms with Gasteiger partial charge in [0.05, 0.1) is 11.6 Å². The second kappa shape index (κ2) is 6.06. The Balaban J connectivity index is 0.000000686. The van der Waals surface area contributed by atoms with Crippen molar-refractivity contribution in [2.45, 2.75) is 33.6 Å². The predicted molar refractivity (Wildman–Crippen MR) is 74.1 cm³/mol. The van der Waals surface area contributed by atoms with Gasteiger partial charge in [-0.05, 0) is 34.4 Å². The number of nitrogens with zero attached hydrogens (tertiary/aromatic N) is 1. The fourth-order valence-electron chi connectivity index (χ4n) is 1.69. The predicted octanol–water partition coefficient (Wildman–Crippen LogP) is 4.86. The molecular weight excluding hydrogens is 206 g/mol. The van der Waals surface area contributed by atoms with Crippen molar-refractivity contribution in [3.63, 3.8) is 0 Å². The van der Waals surface area contributed by atoms with Crippen molar-refractivity contribution in [3.05, 3.63) is 47.5 Å². The Bertz CT molecular complexity index is 533. The molecule has 1 nitrogen and oxygen atoms in total. The number of rotatable bonds is 1. The second-order valence-corrected chi connectivity index (χ2v) is 4.09. The van der Waals surface area contributed by atoms with Gasteiger partial charge < -0.3 is 0 Å². The van der Waals surface area contributed by atoms with E-state index in [4.69, 9.17) is 5.26 Å². The Morgan fingerprint density at radius 1 is 0.941 bits per heavy atom. The highest BCUT2D eigenvalue weighted by atomic mass is 14.2. The summed E-state index contributed by atoms with van der Waals surface area (Å²) in [5.41, 5.74) is 2.06. The Morgan fingerprint density at radius 3 is 2.12 bits per heavy atom. The summed E-state index contributed by atoms with van der Waals surface area (Å²) in [6.45, 7) is 8.37. The molecule has 2 aromatic carbocycles. The van der Waals surface area contributed by atoms with Gasteiger partial charge in [0.2, 0.25) is 0 Å². The minimum atomic E-state index is 0.546. The molecular formula is C16H19N. The van der Waals surface area contributed by atoms with Crippen LogP contribution in [0.15, 0.2) is 36.4 Å². The van der Waals surface area contributed by atoms with E-state index in [-0.39, 0.29) is 0 Å². The Kier molecular flexibility index (Phi) is 4.72. The van der Waals surface area contributed by atoms with Crippen LogP contribution in [0.3, 0.4) is 0 Å². The lowest BCUT2D eigenvalue weighted by molar-refractivity contribution is 0.869. The Labute approximate surface area is 104 Å². The van der Waals surface area contributed by atoms with Crippen molar-refractivity contribution in [1.82, 2.24) is 0 Å². The molecule has 1 heteroatoms. The molecule has 0 aromatic heterocycles. The summed E-state index contributed by atoms with van der Waals surface area (Å²) in [6.07, 6.45) is 0. The maximum atomic E-state index is 8.79. The molecule has 0 atom stereocenters. The first kappa shape index (κ1) is 13.3. The molecule has 88 valence electrons. The summed E-state index contributed by atoms with van der Waals surface area (Å²) < 4.78 is 0. The normalized spacial score (nSPS) is 9.65. The van der Waals surface area contributed by atoms with Gasteiger partial charge in [0.15, 0.2) is 0 Å². The zero-order valence-electron chi connectivity index (χ0n) is 11.0. The maximum absolute atomic E-state index is 8.79. The maximum Gasteiger partial charge on any atom is 0.0991 e. The molecule has 0 saturated heterocycles. The van der Waals surface area contributed by atoms with Crippen molar-refractivity contribution in [3.8, 4) is 6.07 Å². The molecule has 0 saturated carbocycles. The van der Waals surface area contributed by atoms with Crippen LogP contribution in [0.2, 0.25) is 0 Å². The summed E-state index contributed by atoms with van der Waals surface area (Å²) in [6, 6.07) is 14.4. The standard InChI is InChI=1S/C14H13N.C2H6/c1-10(2)12-5-6-13-7-11(9-15)3-4-14(13)8-12;1-2/h3-8,10H,1-2H3;1-2H3. The molecule has 2 rings (SSSR count). The van der Waals surface area contributed by atoms with Crippen molar-refractivity contribution < 1.29 is 0 Å². The third-order valence-corrected chi connectivity index (χ3v) is 2.66. The average molecular weight is 225 g/mol. The highest BCUT2D eigenvalue weighted by Crippen LogP contribution is 2.22. The van der Waals surface area contributed by atoms with Crippen molar-refractivity contribution in [2.75, 3.05) is 0 Å². The lowest BCUT2D eigenvalue weighted by atomic mass is 9.98. The minimum absolute atomic E-state index is 0.546. The molecule has 0 bridgehead atoms. The largest absolute Gasteiger partial charge is 0.192 e. The van der Waals surface area contributed by atoms with E-state index in [0.717, 1.165) is 10.9 Å². The van der Waals surface area contributed by atoms with Gasteiger partial charge in [-0.25, -0.2) is 0 Å². The molecule has 0 unspecified atom stereocenters. The van der Waals surface area contributed by atoms with Crippen LogP contribution >= 0.6 is 0 Å². The minimum Gasteiger partial charge on any atom is -0.192 e. The van der Waals surface area contributed by atoms with Gasteiger partial charge in [0, 0.05) is 0 Å². The molecule has 2 aromatic rings. The number of fused-ring (bicyclic) bond motifs is 1. The number of benzene rings is 2. The summed E-state index contributed by atoms with van der Waals surface area (Å²) >= 11 is 0. The third-order valence-electron chi connectivity index (χ3n) is 2.66. The van der Waals surface area contributed by atoms with E-state index in [1.165, 1.54) is 10.9 Å². The summed E-state index contributed by atoms with van der Waals surface area (Å²) in [5.74, 6) is 0.546. The van der Waals surface area contributed by atoms with E-state index in [9.17, 15) is 0 Å². The van der Waals surface area contributed by atoms with Gasteiger partial charge in [0.25, 0.3) is 0 Å². The number of hydrogen-bond donors (Lipinski definition) is 0. The molecule has 0 N–H and O–H groups in total. The van der Waals surface area contributed by atoms with Crippen LogP contribution in [-0.2, 0) is 0 Å². The first-order valence-corrected chi connectivity index (χ1v) is 6.14. The zero-order valence-corrected chi connectivity index (χ0v) is 11.0. The van der Waals surface area contributed by atoms with E-state index >= 15 is 0 Å². The molecule has 0 heterocycles. The first-order chi connectivity index (χ1) is 8.20. The molecule has 0 radical (unpaired) electrons. The first-order valence-electron chi connectivity index (χ1n) is 6.14. The van der Waals surface area contributed by atoms with Gasteiger partial charge >= 0.3 is 0 Å². The second-order valence-electron chi connectivity index (χ2n) is 4.09. The third kappa shape index (κ3) is 3.07. The van der Waals surface area contributed by atoms with Gasteiger partial charge in [0.1, 0.15) is 0 Å². The van der Waals surface area contributed by atoms with Crippen molar-refractivity contribution >= 4 is 10.8 Å². The number of hydrogen-bond acceptors (Lipinski definition) is 1. The van der Waals surface area contributed by atoms with Crippen LogP contribution in [0.5, 0.6) is 0 Å². The van der Waals surface area contributed by atoms with E-state index in [1.807, 2.05) is 32.0 Å². The van der Waals surface area contributed by atoms with Crippen LogP contribution in [-0.4, -0.2) is 0 Å². The van der Waals surface area contributed by atoms with Crippen LogP contribution in [0.1, 0.15) is 44.7 Å². The molecule has 0 amide bonds. The highest BCUT2D eigenvalue weighted by molar-refractivity contribution is 5.84. The van der Waals surface area contributed by atoms with Crippen LogP contribution in [0.4, 0.5) is 0 Å². The topological polar surface area (TPSA) is 23.8 Å². The van der Waals surface area contributed by atoms with Crippen LogP contribution < -0.4 is 0 Å². The lowest BCUT2D eigenvalue weighted by Crippen LogP contribution is -1.86. The summed E-state index contributed by atoms with van der Waals surface area (Å²) in [7, 11) is 0. The summed E-state index contributed by atoms with van der Waals surface area (Å²) in [4.78, 5) is 0. The molecule has 0 aliphatic heterocycles. The molecule has 0 spiro atoms. The van der Waals surface area contributed by atoms with E-state index in [2.05, 4.69) is 38.1 Å². The van der Waals surface area contributed by atoms with E-state index in [1.54, 1.807) is 0 Å². The molecule has 0 aliphatic carbocycles. The van der Waals surface area contributed by atoms with Gasteiger partial charge in [-0.1, -0.05) is 52.0 Å². The van der Waals surface area contributed by atoms with Gasteiger partial charge in [-0.2, -0.15) is 5.26 Å². The molecule has 0 aliphatic rings. The monoisotopic (exact) mass is 225 g/mol. The summed E-state index contributed by atoms with van der Waals surface area (Å²) in [5, 5.41) is 11.1. The number of nitriles is 1. The van der Waals surface area contributed by atoms with E-state index in [0.29, 0.717) is 5.92 Å².